The zero-order valence-corrected chi connectivity index (χ0v) is 10.9. The standard InChI is InChI=1S/C11H12F3N3OS/c1-7(2-5-18)19-10-8-6-9(11(12,13)14)16-17(8)4-3-15-10/h3-4,6-7,18H,2,5H2,1H3. The van der Waals surface area contributed by atoms with Crippen LogP contribution in [0.1, 0.15) is 19.0 Å². The first-order valence-corrected chi connectivity index (χ1v) is 6.49. The van der Waals surface area contributed by atoms with Crippen LogP contribution in [0.3, 0.4) is 0 Å². The van der Waals surface area contributed by atoms with Crippen molar-refractivity contribution >= 4 is 17.3 Å². The predicted octanol–water partition coefficient (Wildman–Crippen LogP) is 2.61. The summed E-state index contributed by atoms with van der Waals surface area (Å²) in [5, 5.41) is 12.9. The van der Waals surface area contributed by atoms with Gasteiger partial charge in [0.25, 0.3) is 0 Å². The molecule has 0 saturated heterocycles. The Bertz CT molecular complexity index is 570. The van der Waals surface area contributed by atoms with Gasteiger partial charge in [-0.3, -0.25) is 0 Å². The van der Waals surface area contributed by atoms with Crippen LogP contribution in [0.5, 0.6) is 0 Å². The monoisotopic (exact) mass is 291 g/mol. The molecule has 0 aromatic carbocycles. The van der Waals surface area contributed by atoms with E-state index in [4.69, 9.17) is 5.11 Å². The summed E-state index contributed by atoms with van der Waals surface area (Å²) in [6, 6.07) is 0.987. The Balaban J connectivity index is 2.37. The van der Waals surface area contributed by atoms with E-state index in [9.17, 15) is 13.2 Å². The molecule has 2 rings (SSSR count). The largest absolute Gasteiger partial charge is 0.435 e. The Kier molecular flexibility index (Phi) is 4.00. The second-order valence-electron chi connectivity index (χ2n) is 4.03. The molecule has 1 unspecified atom stereocenters. The second kappa shape index (κ2) is 5.38. The Morgan fingerprint density at radius 1 is 1.47 bits per heavy atom. The van der Waals surface area contributed by atoms with Crippen LogP contribution in [0.4, 0.5) is 13.2 Å². The van der Waals surface area contributed by atoms with Crippen molar-refractivity contribution < 1.29 is 18.3 Å². The molecule has 4 nitrogen and oxygen atoms in total. The average Bonchev–Trinajstić information content (AvgIpc) is 2.74. The summed E-state index contributed by atoms with van der Waals surface area (Å²) in [5.74, 6) is 0. The van der Waals surface area contributed by atoms with Gasteiger partial charge in [0, 0.05) is 24.3 Å². The fourth-order valence-corrected chi connectivity index (χ4v) is 2.56. The number of halogens is 3. The molecule has 0 aliphatic carbocycles. The molecule has 104 valence electrons. The predicted molar refractivity (Wildman–Crippen MR) is 65.0 cm³/mol. The van der Waals surface area contributed by atoms with Gasteiger partial charge < -0.3 is 5.11 Å². The van der Waals surface area contributed by atoms with Gasteiger partial charge in [0.05, 0.1) is 5.52 Å². The van der Waals surface area contributed by atoms with Crippen molar-refractivity contribution in [2.75, 3.05) is 6.61 Å². The van der Waals surface area contributed by atoms with Gasteiger partial charge in [0.15, 0.2) is 5.69 Å². The zero-order chi connectivity index (χ0) is 14.0. The first-order valence-electron chi connectivity index (χ1n) is 5.61. The number of hydrogen-bond donors (Lipinski definition) is 1. The highest BCUT2D eigenvalue weighted by Gasteiger charge is 2.34. The van der Waals surface area contributed by atoms with Gasteiger partial charge in [-0.2, -0.15) is 18.3 Å². The van der Waals surface area contributed by atoms with Crippen molar-refractivity contribution in [2.24, 2.45) is 0 Å². The number of aliphatic hydroxyl groups excluding tert-OH is 1. The first kappa shape index (κ1) is 14.1. The molecule has 8 heteroatoms. The molecule has 0 aliphatic rings. The van der Waals surface area contributed by atoms with Crippen molar-refractivity contribution in [3.8, 4) is 0 Å². The van der Waals surface area contributed by atoms with Crippen LogP contribution in [0, 0.1) is 0 Å². The Labute approximate surface area is 111 Å². The second-order valence-corrected chi connectivity index (χ2v) is 5.46. The van der Waals surface area contributed by atoms with Gasteiger partial charge in [-0.15, -0.1) is 11.8 Å². The topological polar surface area (TPSA) is 50.4 Å². The van der Waals surface area contributed by atoms with Gasteiger partial charge in [-0.25, -0.2) is 9.50 Å². The molecule has 1 atom stereocenters. The van der Waals surface area contributed by atoms with Crippen LogP contribution in [-0.4, -0.2) is 31.6 Å². The number of aliphatic hydroxyl groups is 1. The van der Waals surface area contributed by atoms with Crippen LogP contribution in [0.2, 0.25) is 0 Å². The molecule has 2 aromatic rings. The number of rotatable bonds is 4. The minimum atomic E-state index is -4.47. The summed E-state index contributed by atoms with van der Waals surface area (Å²) in [6.07, 6.45) is -1.13. The van der Waals surface area contributed by atoms with E-state index in [1.165, 1.54) is 28.7 Å². The summed E-state index contributed by atoms with van der Waals surface area (Å²) >= 11 is 1.32. The zero-order valence-electron chi connectivity index (χ0n) is 10.1. The number of hydrogen-bond acceptors (Lipinski definition) is 4. The number of alkyl halides is 3. The summed E-state index contributed by atoms with van der Waals surface area (Å²) in [5.41, 5.74) is -0.609. The van der Waals surface area contributed by atoms with E-state index in [-0.39, 0.29) is 11.9 Å². The minimum absolute atomic E-state index is 0.0321. The summed E-state index contributed by atoms with van der Waals surface area (Å²) in [4.78, 5) is 4.08. The van der Waals surface area contributed by atoms with E-state index in [0.29, 0.717) is 17.0 Å². The van der Waals surface area contributed by atoms with Gasteiger partial charge in [0.1, 0.15) is 5.03 Å². The molecular formula is C11H12F3N3OS. The van der Waals surface area contributed by atoms with Crippen molar-refractivity contribution in [3.05, 3.63) is 24.2 Å². The fraction of sp³-hybridized carbons (Fsp3) is 0.455. The molecule has 0 spiro atoms. The maximum atomic E-state index is 12.6. The Morgan fingerprint density at radius 3 is 2.84 bits per heavy atom. The SMILES string of the molecule is CC(CCO)Sc1nccn2nc(C(F)(F)F)cc12. The lowest BCUT2D eigenvalue weighted by molar-refractivity contribution is -0.141. The van der Waals surface area contributed by atoms with E-state index in [2.05, 4.69) is 10.1 Å². The van der Waals surface area contributed by atoms with Crippen molar-refractivity contribution in [1.82, 2.24) is 14.6 Å². The third-order valence-corrected chi connectivity index (χ3v) is 3.67. The lowest BCUT2D eigenvalue weighted by Gasteiger charge is -2.08. The number of fused-ring (bicyclic) bond motifs is 1. The van der Waals surface area contributed by atoms with E-state index >= 15 is 0 Å². The first-order chi connectivity index (χ1) is 8.91. The van der Waals surface area contributed by atoms with E-state index < -0.39 is 11.9 Å². The van der Waals surface area contributed by atoms with Crippen LogP contribution < -0.4 is 0 Å². The third-order valence-electron chi connectivity index (χ3n) is 2.49. The van der Waals surface area contributed by atoms with Crippen LogP contribution in [-0.2, 0) is 6.18 Å². The maximum absolute atomic E-state index is 12.6. The molecule has 0 amide bonds. The lowest BCUT2D eigenvalue weighted by atomic mass is 10.3. The van der Waals surface area contributed by atoms with Gasteiger partial charge >= 0.3 is 6.18 Å². The average molecular weight is 291 g/mol. The van der Waals surface area contributed by atoms with E-state index in [1.807, 2.05) is 6.92 Å². The number of nitrogens with zero attached hydrogens (tertiary/aromatic N) is 3. The molecule has 0 fully saturated rings. The molecule has 19 heavy (non-hydrogen) atoms. The van der Waals surface area contributed by atoms with Gasteiger partial charge in [-0.05, 0) is 12.5 Å². The van der Waals surface area contributed by atoms with Crippen LogP contribution >= 0.6 is 11.8 Å². The molecule has 0 bridgehead atoms. The Hall–Kier alpha value is -1.28. The third kappa shape index (κ3) is 3.19. The van der Waals surface area contributed by atoms with E-state index in [0.717, 1.165) is 6.07 Å². The Morgan fingerprint density at radius 2 is 2.21 bits per heavy atom. The number of thioether (sulfide) groups is 1. The molecule has 2 aromatic heterocycles. The molecule has 0 aliphatic heterocycles. The summed E-state index contributed by atoms with van der Waals surface area (Å²) in [7, 11) is 0. The van der Waals surface area contributed by atoms with Crippen molar-refractivity contribution in [1.29, 1.82) is 0 Å². The highest BCUT2D eigenvalue weighted by atomic mass is 32.2. The molecule has 1 N–H and O–H groups in total. The highest BCUT2D eigenvalue weighted by molar-refractivity contribution is 8.00. The van der Waals surface area contributed by atoms with Gasteiger partial charge in [-0.1, -0.05) is 6.92 Å². The quantitative estimate of drug-likeness (QED) is 0.880. The lowest BCUT2D eigenvalue weighted by Crippen LogP contribution is -2.05. The van der Waals surface area contributed by atoms with Crippen LogP contribution in [0.15, 0.2) is 23.5 Å². The fourth-order valence-electron chi connectivity index (χ4n) is 1.56. The molecule has 0 saturated carbocycles. The summed E-state index contributed by atoms with van der Waals surface area (Å²) in [6.45, 7) is 1.91. The van der Waals surface area contributed by atoms with Crippen LogP contribution in [0.25, 0.3) is 5.52 Å². The van der Waals surface area contributed by atoms with Crippen molar-refractivity contribution in [3.63, 3.8) is 0 Å². The summed E-state index contributed by atoms with van der Waals surface area (Å²) < 4.78 is 39.0. The van der Waals surface area contributed by atoms with Gasteiger partial charge in [0.2, 0.25) is 0 Å². The highest BCUT2D eigenvalue weighted by Crippen LogP contribution is 2.32. The number of aromatic nitrogens is 3. The molecule has 0 radical (unpaired) electrons. The van der Waals surface area contributed by atoms with Crippen molar-refractivity contribution in [2.45, 2.75) is 29.8 Å². The smallest absolute Gasteiger partial charge is 0.396 e. The molecule has 2 heterocycles. The minimum Gasteiger partial charge on any atom is -0.396 e. The van der Waals surface area contributed by atoms with E-state index in [1.54, 1.807) is 0 Å². The maximum Gasteiger partial charge on any atom is 0.435 e. The molecular weight excluding hydrogens is 279 g/mol. The normalized spacial score (nSPS) is 13.9.